The standard InChI is InChI=1S/C15H15ClN2O4/c1-9(19)17-11-5-3-10(4-6-11)12-13(16)15(21)18(14(12)20)7-8-22-2/h3-6H,7-8H2,1-2H3,(H,17,19). The number of amides is 3. The molecule has 0 aliphatic carbocycles. The third-order valence-corrected chi connectivity index (χ3v) is 3.48. The van der Waals surface area contributed by atoms with Crippen molar-refractivity contribution in [2.75, 3.05) is 25.6 Å². The van der Waals surface area contributed by atoms with Gasteiger partial charge >= 0.3 is 0 Å². The lowest BCUT2D eigenvalue weighted by Gasteiger charge is -2.13. The second-order valence-electron chi connectivity index (χ2n) is 4.70. The lowest BCUT2D eigenvalue weighted by atomic mass is 10.1. The average molecular weight is 323 g/mol. The Morgan fingerprint density at radius 2 is 1.86 bits per heavy atom. The molecular formula is C15H15ClN2O4. The first kappa shape index (κ1) is 16.2. The van der Waals surface area contributed by atoms with E-state index in [1.807, 2.05) is 0 Å². The summed E-state index contributed by atoms with van der Waals surface area (Å²) < 4.78 is 4.88. The van der Waals surface area contributed by atoms with Crippen molar-refractivity contribution < 1.29 is 19.1 Å². The van der Waals surface area contributed by atoms with E-state index in [9.17, 15) is 14.4 Å². The normalized spacial score (nSPS) is 14.8. The van der Waals surface area contributed by atoms with Gasteiger partial charge in [-0.2, -0.15) is 0 Å². The molecule has 0 radical (unpaired) electrons. The van der Waals surface area contributed by atoms with Crippen LogP contribution in [0.4, 0.5) is 5.69 Å². The number of hydrogen-bond acceptors (Lipinski definition) is 4. The summed E-state index contributed by atoms with van der Waals surface area (Å²) >= 11 is 6.01. The largest absolute Gasteiger partial charge is 0.383 e. The quantitative estimate of drug-likeness (QED) is 0.836. The Bertz CT molecular complexity index is 652. The van der Waals surface area contributed by atoms with Gasteiger partial charge in [-0.05, 0) is 17.7 Å². The van der Waals surface area contributed by atoms with Crippen LogP contribution >= 0.6 is 11.6 Å². The number of methoxy groups -OCH3 is 1. The van der Waals surface area contributed by atoms with Gasteiger partial charge in [-0.15, -0.1) is 0 Å². The predicted molar refractivity (Wildman–Crippen MR) is 82.1 cm³/mol. The second-order valence-corrected chi connectivity index (χ2v) is 5.08. The fourth-order valence-corrected chi connectivity index (χ4v) is 2.40. The lowest BCUT2D eigenvalue weighted by molar-refractivity contribution is -0.137. The molecule has 116 valence electrons. The van der Waals surface area contributed by atoms with Gasteiger partial charge in [0.1, 0.15) is 5.03 Å². The van der Waals surface area contributed by atoms with Gasteiger partial charge in [-0.3, -0.25) is 19.3 Å². The van der Waals surface area contributed by atoms with E-state index in [-0.39, 0.29) is 29.7 Å². The SMILES string of the molecule is COCCN1C(=O)C(Cl)=C(c2ccc(NC(C)=O)cc2)C1=O. The molecule has 1 aliphatic heterocycles. The van der Waals surface area contributed by atoms with Gasteiger partial charge < -0.3 is 10.1 Å². The van der Waals surface area contributed by atoms with Crippen LogP contribution in [0, 0.1) is 0 Å². The number of carbonyl (C=O) groups excluding carboxylic acids is 3. The first-order chi connectivity index (χ1) is 10.5. The van der Waals surface area contributed by atoms with Gasteiger partial charge in [0.25, 0.3) is 11.8 Å². The smallest absolute Gasteiger partial charge is 0.273 e. The molecule has 0 spiro atoms. The Hall–Kier alpha value is -2.18. The highest BCUT2D eigenvalue weighted by molar-refractivity contribution is 6.55. The number of halogens is 1. The summed E-state index contributed by atoms with van der Waals surface area (Å²) in [4.78, 5) is 36.4. The van der Waals surface area contributed by atoms with Crippen LogP contribution in [0.15, 0.2) is 29.3 Å². The number of benzene rings is 1. The monoisotopic (exact) mass is 322 g/mol. The molecule has 0 atom stereocenters. The van der Waals surface area contributed by atoms with Crippen LogP contribution in [0.1, 0.15) is 12.5 Å². The molecule has 0 saturated carbocycles. The van der Waals surface area contributed by atoms with Gasteiger partial charge in [-0.25, -0.2) is 0 Å². The molecule has 22 heavy (non-hydrogen) atoms. The summed E-state index contributed by atoms with van der Waals surface area (Å²) in [6.07, 6.45) is 0. The fourth-order valence-electron chi connectivity index (χ4n) is 2.11. The Kier molecular flexibility index (Phi) is 4.95. The highest BCUT2D eigenvalue weighted by atomic mass is 35.5. The van der Waals surface area contributed by atoms with E-state index < -0.39 is 11.8 Å². The molecule has 0 saturated heterocycles. The van der Waals surface area contributed by atoms with Crippen LogP contribution in [-0.2, 0) is 19.1 Å². The van der Waals surface area contributed by atoms with E-state index >= 15 is 0 Å². The van der Waals surface area contributed by atoms with Gasteiger partial charge in [0, 0.05) is 19.7 Å². The van der Waals surface area contributed by atoms with E-state index in [4.69, 9.17) is 16.3 Å². The maximum Gasteiger partial charge on any atom is 0.273 e. The number of ether oxygens (including phenoxy) is 1. The zero-order valence-corrected chi connectivity index (χ0v) is 12.9. The Morgan fingerprint density at radius 1 is 1.23 bits per heavy atom. The first-order valence-corrected chi connectivity index (χ1v) is 6.96. The van der Waals surface area contributed by atoms with Crippen LogP contribution in [0.2, 0.25) is 0 Å². The maximum atomic E-state index is 12.3. The van der Waals surface area contributed by atoms with Crippen molar-refractivity contribution >= 4 is 40.6 Å². The number of imide groups is 1. The number of rotatable bonds is 5. The molecule has 0 fully saturated rings. The van der Waals surface area contributed by atoms with Crippen LogP contribution in [-0.4, -0.2) is 42.9 Å². The topological polar surface area (TPSA) is 75.7 Å². The van der Waals surface area contributed by atoms with Crippen molar-refractivity contribution in [3.63, 3.8) is 0 Å². The van der Waals surface area contributed by atoms with E-state index in [0.29, 0.717) is 11.3 Å². The van der Waals surface area contributed by atoms with Crippen molar-refractivity contribution in [1.82, 2.24) is 4.90 Å². The second kappa shape index (κ2) is 6.72. The van der Waals surface area contributed by atoms with Gasteiger partial charge in [0.2, 0.25) is 5.91 Å². The summed E-state index contributed by atoms with van der Waals surface area (Å²) in [6, 6.07) is 6.55. The minimum Gasteiger partial charge on any atom is -0.383 e. The summed E-state index contributed by atoms with van der Waals surface area (Å²) in [5.74, 6) is -1.16. The Morgan fingerprint density at radius 3 is 2.41 bits per heavy atom. The minimum atomic E-state index is -0.523. The molecule has 7 heteroatoms. The third kappa shape index (κ3) is 3.18. The van der Waals surface area contributed by atoms with E-state index in [1.54, 1.807) is 24.3 Å². The van der Waals surface area contributed by atoms with Gasteiger partial charge in [-0.1, -0.05) is 23.7 Å². The zero-order chi connectivity index (χ0) is 16.3. The molecule has 1 N–H and O–H groups in total. The van der Waals surface area contributed by atoms with Gasteiger partial charge in [0.05, 0.1) is 18.7 Å². The maximum absolute atomic E-state index is 12.3. The number of carbonyl (C=O) groups is 3. The van der Waals surface area contributed by atoms with Crippen molar-refractivity contribution in [3.8, 4) is 0 Å². The number of hydrogen-bond donors (Lipinski definition) is 1. The molecule has 0 unspecified atom stereocenters. The van der Waals surface area contributed by atoms with Crippen molar-refractivity contribution in [2.45, 2.75) is 6.92 Å². The Labute approximate surface area is 132 Å². The molecule has 2 rings (SSSR count). The minimum absolute atomic E-state index is 0.103. The molecule has 3 amide bonds. The summed E-state index contributed by atoms with van der Waals surface area (Å²) in [7, 11) is 1.49. The molecule has 0 aromatic heterocycles. The molecule has 0 bridgehead atoms. The molecule has 1 aromatic rings. The van der Waals surface area contributed by atoms with Crippen LogP contribution < -0.4 is 5.32 Å². The number of nitrogens with one attached hydrogen (secondary N) is 1. The van der Waals surface area contributed by atoms with Crippen molar-refractivity contribution in [3.05, 3.63) is 34.9 Å². The van der Waals surface area contributed by atoms with E-state index in [2.05, 4.69) is 5.32 Å². The Balaban J connectivity index is 2.26. The summed E-state index contributed by atoms with van der Waals surface area (Å²) in [5, 5.41) is 2.52. The van der Waals surface area contributed by atoms with Crippen LogP contribution in [0.5, 0.6) is 0 Å². The van der Waals surface area contributed by atoms with Crippen molar-refractivity contribution in [2.24, 2.45) is 0 Å². The first-order valence-electron chi connectivity index (χ1n) is 6.58. The zero-order valence-electron chi connectivity index (χ0n) is 12.2. The molecule has 1 aromatic carbocycles. The van der Waals surface area contributed by atoms with Crippen LogP contribution in [0.25, 0.3) is 5.57 Å². The molecular weight excluding hydrogens is 308 g/mol. The highest BCUT2D eigenvalue weighted by Crippen LogP contribution is 2.32. The van der Waals surface area contributed by atoms with Crippen LogP contribution in [0.3, 0.4) is 0 Å². The third-order valence-electron chi connectivity index (χ3n) is 3.12. The van der Waals surface area contributed by atoms with Gasteiger partial charge in [0.15, 0.2) is 0 Å². The van der Waals surface area contributed by atoms with E-state index in [0.717, 1.165) is 4.90 Å². The average Bonchev–Trinajstić information content (AvgIpc) is 2.68. The van der Waals surface area contributed by atoms with E-state index in [1.165, 1.54) is 14.0 Å². The molecule has 1 aliphatic rings. The predicted octanol–water partition coefficient (Wildman–Crippen LogP) is 1.61. The van der Waals surface area contributed by atoms with Crippen molar-refractivity contribution in [1.29, 1.82) is 0 Å². The molecule has 6 nitrogen and oxygen atoms in total. The number of nitrogens with zero attached hydrogens (tertiary/aromatic N) is 1. The summed E-state index contributed by atoms with van der Waals surface area (Å²) in [6.45, 7) is 1.80. The lowest BCUT2D eigenvalue weighted by Crippen LogP contribution is -2.34. The number of anilines is 1. The highest BCUT2D eigenvalue weighted by Gasteiger charge is 2.37. The molecule has 1 heterocycles. The fraction of sp³-hybridized carbons (Fsp3) is 0.267. The summed E-state index contributed by atoms with van der Waals surface area (Å²) in [5.41, 5.74) is 1.29.